The molecule has 2 N–H and O–H groups in total. The lowest BCUT2D eigenvalue weighted by molar-refractivity contribution is -0.117. The SMILES string of the molecule is CCOc1ccc(S(=O)(=O)N[C@H](Cc2ccccc2)C(=O)Nc2cc(Cl)cc(Cl)c2)cc1. The molecule has 0 unspecified atom stereocenters. The third kappa shape index (κ3) is 6.71. The molecule has 1 amide bonds. The second kappa shape index (κ2) is 10.8. The Labute approximate surface area is 197 Å². The Morgan fingerprint density at radius 2 is 1.59 bits per heavy atom. The van der Waals surface area contributed by atoms with Crippen molar-refractivity contribution in [1.29, 1.82) is 0 Å². The first-order chi connectivity index (χ1) is 15.3. The van der Waals surface area contributed by atoms with Crippen LogP contribution in [-0.4, -0.2) is 27.0 Å². The van der Waals surface area contributed by atoms with Crippen molar-refractivity contribution in [3.05, 3.63) is 88.4 Å². The minimum Gasteiger partial charge on any atom is -0.494 e. The Balaban J connectivity index is 1.85. The molecule has 0 saturated carbocycles. The number of hydrogen-bond acceptors (Lipinski definition) is 4. The lowest BCUT2D eigenvalue weighted by Gasteiger charge is -2.19. The molecule has 0 aliphatic heterocycles. The van der Waals surface area contributed by atoms with Crippen LogP contribution in [0.4, 0.5) is 5.69 Å². The van der Waals surface area contributed by atoms with E-state index in [1.807, 2.05) is 37.3 Å². The van der Waals surface area contributed by atoms with E-state index < -0.39 is 22.0 Å². The van der Waals surface area contributed by atoms with Crippen LogP contribution in [-0.2, 0) is 21.2 Å². The third-order valence-corrected chi connectivity index (χ3v) is 6.40. The molecule has 0 radical (unpaired) electrons. The number of nitrogens with one attached hydrogen (secondary N) is 2. The monoisotopic (exact) mass is 492 g/mol. The molecule has 0 fully saturated rings. The standard InChI is InChI=1S/C23H22Cl2N2O4S/c1-2-31-20-8-10-21(11-9-20)32(29,30)27-22(12-16-6-4-3-5-7-16)23(28)26-19-14-17(24)13-18(25)15-19/h3-11,13-15,22,27H,2,12H2,1H3,(H,26,28)/t22-/m1/s1. The highest BCUT2D eigenvalue weighted by atomic mass is 35.5. The van der Waals surface area contributed by atoms with Gasteiger partial charge in [-0.05, 0) is 61.4 Å². The van der Waals surface area contributed by atoms with Crippen LogP contribution >= 0.6 is 23.2 Å². The van der Waals surface area contributed by atoms with Crippen LogP contribution in [0.15, 0.2) is 77.7 Å². The quantitative estimate of drug-likeness (QED) is 0.443. The normalized spacial score (nSPS) is 12.2. The predicted molar refractivity (Wildman–Crippen MR) is 127 cm³/mol. The van der Waals surface area contributed by atoms with Crippen LogP contribution < -0.4 is 14.8 Å². The summed E-state index contributed by atoms with van der Waals surface area (Å²) in [5.74, 6) is 0.0181. The Bertz CT molecular complexity index is 1150. The number of rotatable bonds is 9. The van der Waals surface area contributed by atoms with Crippen molar-refractivity contribution in [2.24, 2.45) is 0 Å². The second-order valence-electron chi connectivity index (χ2n) is 6.92. The third-order valence-electron chi connectivity index (χ3n) is 4.47. The Morgan fingerprint density at radius 1 is 0.969 bits per heavy atom. The predicted octanol–water partition coefficient (Wildman–Crippen LogP) is 4.92. The van der Waals surface area contributed by atoms with Crippen molar-refractivity contribution in [1.82, 2.24) is 4.72 Å². The average Bonchev–Trinajstić information content (AvgIpc) is 2.74. The van der Waals surface area contributed by atoms with E-state index in [4.69, 9.17) is 27.9 Å². The number of ether oxygens (including phenoxy) is 1. The van der Waals surface area contributed by atoms with Gasteiger partial charge < -0.3 is 10.1 Å². The van der Waals surface area contributed by atoms with Gasteiger partial charge in [0.05, 0.1) is 11.5 Å². The van der Waals surface area contributed by atoms with E-state index in [0.717, 1.165) is 5.56 Å². The van der Waals surface area contributed by atoms with E-state index in [-0.39, 0.29) is 11.3 Å². The van der Waals surface area contributed by atoms with Crippen LogP contribution in [0.25, 0.3) is 0 Å². The fourth-order valence-corrected chi connectivity index (χ4v) is 4.75. The van der Waals surface area contributed by atoms with Crippen molar-refractivity contribution in [2.75, 3.05) is 11.9 Å². The van der Waals surface area contributed by atoms with Crippen molar-refractivity contribution >= 4 is 44.8 Å². The summed E-state index contributed by atoms with van der Waals surface area (Å²) in [4.78, 5) is 13.1. The van der Waals surface area contributed by atoms with Gasteiger partial charge in [0.1, 0.15) is 11.8 Å². The zero-order valence-electron chi connectivity index (χ0n) is 17.2. The molecular formula is C23H22Cl2N2O4S. The van der Waals surface area contributed by atoms with Crippen molar-refractivity contribution in [3.63, 3.8) is 0 Å². The smallest absolute Gasteiger partial charge is 0.242 e. The number of sulfonamides is 1. The molecule has 0 bridgehead atoms. The summed E-state index contributed by atoms with van der Waals surface area (Å²) in [5.41, 5.74) is 1.16. The average molecular weight is 493 g/mol. The number of benzene rings is 3. The summed E-state index contributed by atoms with van der Waals surface area (Å²) >= 11 is 12.0. The number of hydrogen-bond donors (Lipinski definition) is 2. The molecule has 0 aromatic heterocycles. The lowest BCUT2D eigenvalue weighted by Crippen LogP contribution is -2.45. The van der Waals surface area contributed by atoms with Crippen LogP contribution in [0.2, 0.25) is 10.0 Å². The Morgan fingerprint density at radius 3 is 2.19 bits per heavy atom. The Kier molecular flexibility index (Phi) is 8.15. The highest BCUT2D eigenvalue weighted by molar-refractivity contribution is 7.89. The fraction of sp³-hybridized carbons (Fsp3) is 0.174. The maximum atomic E-state index is 13.0. The first-order valence-electron chi connectivity index (χ1n) is 9.83. The molecule has 0 aliphatic carbocycles. The maximum Gasteiger partial charge on any atom is 0.242 e. The number of anilines is 1. The summed E-state index contributed by atoms with van der Waals surface area (Å²) in [6.07, 6.45) is 0.150. The minimum atomic E-state index is -3.98. The van der Waals surface area contributed by atoms with Crippen LogP contribution in [0.5, 0.6) is 5.75 Å². The first-order valence-corrected chi connectivity index (χ1v) is 12.1. The zero-order chi connectivity index (χ0) is 23.1. The first kappa shape index (κ1) is 24.1. The number of carbonyl (C=O) groups is 1. The van der Waals surface area contributed by atoms with Crippen LogP contribution in [0.1, 0.15) is 12.5 Å². The molecule has 32 heavy (non-hydrogen) atoms. The summed E-state index contributed by atoms with van der Waals surface area (Å²) < 4.78 is 33.9. The number of amides is 1. The zero-order valence-corrected chi connectivity index (χ0v) is 19.5. The van der Waals surface area contributed by atoms with Gasteiger partial charge in [-0.15, -0.1) is 0 Å². The molecule has 0 aliphatic rings. The topological polar surface area (TPSA) is 84.5 Å². The molecule has 0 heterocycles. The highest BCUT2D eigenvalue weighted by Crippen LogP contribution is 2.23. The summed E-state index contributed by atoms with van der Waals surface area (Å²) in [7, 11) is -3.98. The van der Waals surface area contributed by atoms with Gasteiger partial charge in [0.2, 0.25) is 15.9 Å². The van der Waals surface area contributed by atoms with E-state index in [2.05, 4.69) is 10.0 Å². The van der Waals surface area contributed by atoms with Gasteiger partial charge in [-0.25, -0.2) is 8.42 Å². The molecule has 3 aromatic rings. The molecule has 0 saturated heterocycles. The van der Waals surface area contributed by atoms with E-state index in [1.165, 1.54) is 30.3 Å². The summed E-state index contributed by atoms with van der Waals surface area (Å²) in [6.45, 7) is 2.31. The molecule has 0 spiro atoms. The molecule has 3 rings (SSSR count). The van der Waals surface area contributed by atoms with E-state index >= 15 is 0 Å². The van der Waals surface area contributed by atoms with Crippen LogP contribution in [0.3, 0.4) is 0 Å². The van der Waals surface area contributed by atoms with Crippen molar-refractivity contribution < 1.29 is 17.9 Å². The molecule has 3 aromatic carbocycles. The maximum absolute atomic E-state index is 13.0. The van der Waals surface area contributed by atoms with Gasteiger partial charge in [-0.1, -0.05) is 53.5 Å². The van der Waals surface area contributed by atoms with E-state index in [1.54, 1.807) is 12.1 Å². The molecule has 6 nitrogen and oxygen atoms in total. The van der Waals surface area contributed by atoms with Gasteiger partial charge in [-0.3, -0.25) is 4.79 Å². The molecular weight excluding hydrogens is 471 g/mol. The summed E-state index contributed by atoms with van der Waals surface area (Å²) in [6, 6.07) is 18.7. The lowest BCUT2D eigenvalue weighted by atomic mass is 10.1. The van der Waals surface area contributed by atoms with Crippen LogP contribution in [0, 0.1) is 0 Å². The van der Waals surface area contributed by atoms with E-state index in [9.17, 15) is 13.2 Å². The molecule has 168 valence electrons. The van der Waals surface area contributed by atoms with Gasteiger partial charge in [0.15, 0.2) is 0 Å². The van der Waals surface area contributed by atoms with Gasteiger partial charge in [0, 0.05) is 15.7 Å². The number of halogens is 2. The number of carbonyl (C=O) groups excluding carboxylic acids is 1. The van der Waals surface area contributed by atoms with Crippen molar-refractivity contribution in [3.8, 4) is 5.75 Å². The largest absolute Gasteiger partial charge is 0.494 e. The molecule has 9 heteroatoms. The minimum absolute atomic E-state index is 0.0256. The highest BCUT2D eigenvalue weighted by Gasteiger charge is 2.26. The van der Waals surface area contributed by atoms with Gasteiger partial charge >= 0.3 is 0 Å². The second-order valence-corrected chi connectivity index (χ2v) is 9.50. The van der Waals surface area contributed by atoms with Gasteiger partial charge in [0.25, 0.3) is 0 Å². The van der Waals surface area contributed by atoms with Gasteiger partial charge in [-0.2, -0.15) is 4.72 Å². The van der Waals surface area contributed by atoms with E-state index in [0.29, 0.717) is 28.1 Å². The molecule has 1 atom stereocenters. The van der Waals surface area contributed by atoms with Crippen molar-refractivity contribution in [2.45, 2.75) is 24.3 Å². The Hall–Kier alpha value is -2.58. The summed E-state index contributed by atoms with van der Waals surface area (Å²) in [5, 5.41) is 3.39. The fourth-order valence-electron chi connectivity index (χ4n) is 3.03.